The Bertz CT molecular complexity index is 3580. The molecule has 8 amide bonds. The molecule has 2 N–H and O–H groups in total. The second kappa shape index (κ2) is 16.2. The zero-order valence-electron chi connectivity index (χ0n) is 38.2. The van der Waals surface area contributed by atoms with E-state index in [1.54, 1.807) is 72.8 Å². The summed E-state index contributed by atoms with van der Waals surface area (Å²) in [5.74, 6) is -1.97. The molecule has 4 fully saturated rings. The number of anilines is 4. The molecule has 0 spiro atoms. The third kappa shape index (κ3) is 6.80. The summed E-state index contributed by atoms with van der Waals surface area (Å²) < 4.78 is 0. The van der Waals surface area contributed by atoms with Crippen molar-refractivity contribution >= 4 is 114 Å². The lowest BCUT2D eigenvalue weighted by Crippen LogP contribution is -2.40. The molecule has 0 radical (unpaired) electrons. The van der Waals surface area contributed by atoms with E-state index in [0.29, 0.717) is 92.2 Å². The van der Waals surface area contributed by atoms with E-state index in [1.807, 2.05) is 0 Å². The number of carbonyl (C=O) groups is 8. The number of fused-ring (bicyclic) bond motifs is 20. The highest BCUT2D eigenvalue weighted by atomic mass is 16.2. The van der Waals surface area contributed by atoms with Crippen LogP contribution in [0.1, 0.15) is 77.0 Å². The fourth-order valence-electron chi connectivity index (χ4n) is 10.5. The SMILES string of the molecule is O=C1CCCC(=O)N1c1ccc2c(c1)-c1nc-2nc2[nH]c(nc3nc(nc4[nH]c(n1)c1ccc(N5C(=O)CCCC5=O)cc41)-c1ccc(N4C(=O)CCCC4=O)cc1-3)c1ccc(N3C(=O)CCCC3=O)cc21. The van der Waals surface area contributed by atoms with Crippen LogP contribution >= 0.6 is 0 Å². The van der Waals surface area contributed by atoms with Crippen molar-refractivity contribution < 1.29 is 38.4 Å². The average Bonchev–Trinajstić information content (AvgIpc) is 4.09. The van der Waals surface area contributed by atoms with Crippen LogP contribution in [0.4, 0.5) is 22.7 Å². The van der Waals surface area contributed by atoms with Gasteiger partial charge in [0.2, 0.25) is 47.3 Å². The number of amides is 8. The van der Waals surface area contributed by atoms with E-state index in [4.69, 9.17) is 29.9 Å². The van der Waals surface area contributed by atoms with Gasteiger partial charge in [0.15, 0.2) is 23.3 Å². The van der Waals surface area contributed by atoms with Crippen LogP contribution in [-0.2, 0) is 38.4 Å². The van der Waals surface area contributed by atoms with E-state index in [9.17, 15) is 38.4 Å². The number of carbonyl (C=O) groups excluding carboxylic acids is 8. The van der Waals surface area contributed by atoms with Crippen LogP contribution in [0, 0.1) is 0 Å². The third-order valence-corrected chi connectivity index (χ3v) is 13.9. The molecule has 9 heterocycles. The smallest absolute Gasteiger partial charge is 0.233 e. The van der Waals surface area contributed by atoms with Crippen molar-refractivity contribution in [1.82, 2.24) is 39.9 Å². The second-order valence-corrected chi connectivity index (χ2v) is 18.4. The molecule has 0 aliphatic carbocycles. The number of benzene rings is 4. The minimum absolute atomic E-state index is 0.161. The number of imide groups is 4. The van der Waals surface area contributed by atoms with Crippen LogP contribution in [0.2, 0.25) is 0 Å². The van der Waals surface area contributed by atoms with E-state index >= 15 is 0 Å². The van der Waals surface area contributed by atoms with Crippen LogP contribution in [-0.4, -0.2) is 87.1 Å². The highest BCUT2D eigenvalue weighted by Crippen LogP contribution is 2.42. The first-order chi connectivity index (χ1) is 34.9. The number of H-pyrrole nitrogens is 2. The van der Waals surface area contributed by atoms with Crippen LogP contribution in [0.5, 0.6) is 0 Å². The second-order valence-electron chi connectivity index (χ2n) is 18.4. The molecule has 6 aliphatic heterocycles. The molecule has 13 rings (SSSR count). The summed E-state index contributed by atoms with van der Waals surface area (Å²) in [6, 6.07) is 20.3. The Hall–Kier alpha value is -9.20. The zero-order valence-corrected chi connectivity index (χ0v) is 38.2. The molecule has 7 aromatic rings. The standard InChI is InChI=1S/C52H38N12O8/c65-37-5-1-6-38(66)61(37)25-13-17-29-33(21-25)49-53-45(29)58-50-35-23-27(63-41(69)9-3-10-42(63)70)15-19-31(35)47(55-50)60-52-36-24-28(64-43(71)11-4-12-44(64)72)16-20-32(36)48(56-52)59-51-34-22-26(14-18-30(34)46(54-51)57-49)62-39(67)7-2-8-40(62)68/h13-24H,1-12H2,(H2,53,54,55,56,57,58,59,60). The summed E-state index contributed by atoms with van der Waals surface area (Å²) in [5, 5.41) is 2.02. The molecule has 20 nitrogen and oxygen atoms in total. The predicted molar refractivity (Wildman–Crippen MR) is 261 cm³/mol. The maximum absolute atomic E-state index is 13.2. The Morgan fingerprint density at radius 1 is 0.292 bits per heavy atom. The minimum Gasteiger partial charge on any atom is -0.324 e. The lowest BCUT2D eigenvalue weighted by Gasteiger charge is -2.25. The van der Waals surface area contributed by atoms with Gasteiger partial charge in [0.1, 0.15) is 22.6 Å². The Morgan fingerprint density at radius 2 is 0.556 bits per heavy atom. The largest absolute Gasteiger partial charge is 0.324 e. The quantitative estimate of drug-likeness (QED) is 0.168. The molecular formula is C52H38N12O8. The van der Waals surface area contributed by atoms with Gasteiger partial charge in [-0.1, -0.05) is 0 Å². The molecule has 20 heteroatoms. The Balaban J connectivity index is 1.12. The van der Waals surface area contributed by atoms with E-state index in [-0.39, 0.29) is 145 Å². The van der Waals surface area contributed by atoms with Crippen LogP contribution in [0.3, 0.4) is 0 Å². The predicted octanol–water partition coefficient (Wildman–Crippen LogP) is 7.04. The Kier molecular flexibility index (Phi) is 9.64. The number of piperidine rings is 4. The molecule has 0 saturated carbocycles. The highest BCUT2D eigenvalue weighted by molar-refractivity contribution is 6.21. The normalized spacial score (nSPS) is 17.4. The van der Waals surface area contributed by atoms with Crippen molar-refractivity contribution in [3.8, 4) is 45.6 Å². The number of rotatable bonds is 4. The molecule has 0 unspecified atom stereocenters. The minimum atomic E-state index is -0.334. The van der Waals surface area contributed by atoms with Crippen LogP contribution in [0.15, 0.2) is 72.8 Å². The topological polar surface area (TPSA) is 258 Å². The number of aromatic nitrogens is 8. The molecule has 4 aromatic carbocycles. The van der Waals surface area contributed by atoms with Gasteiger partial charge in [-0.3, -0.25) is 58.0 Å². The summed E-state index contributed by atoms with van der Waals surface area (Å²) in [6.45, 7) is 0. The van der Waals surface area contributed by atoms with Gasteiger partial charge in [-0.15, -0.1) is 0 Å². The fraction of sp³-hybridized carbons (Fsp3) is 0.231. The average molecular weight is 959 g/mol. The molecule has 354 valence electrons. The number of aromatic amines is 2. The van der Waals surface area contributed by atoms with Crippen LogP contribution < -0.4 is 19.6 Å². The van der Waals surface area contributed by atoms with Gasteiger partial charge < -0.3 is 9.97 Å². The van der Waals surface area contributed by atoms with Gasteiger partial charge in [0.05, 0.1) is 22.7 Å². The van der Waals surface area contributed by atoms with Gasteiger partial charge >= 0.3 is 0 Å². The van der Waals surface area contributed by atoms with Gasteiger partial charge in [0.25, 0.3) is 0 Å². The summed E-state index contributed by atoms with van der Waals surface area (Å²) >= 11 is 0. The first-order valence-corrected chi connectivity index (χ1v) is 23.8. The van der Waals surface area contributed by atoms with E-state index in [0.717, 1.165) is 0 Å². The molecule has 4 saturated heterocycles. The molecule has 72 heavy (non-hydrogen) atoms. The molecule has 8 bridgehead atoms. The summed E-state index contributed by atoms with van der Waals surface area (Å²) in [5.41, 5.74) is 4.30. The van der Waals surface area contributed by atoms with E-state index in [2.05, 4.69) is 9.97 Å². The monoisotopic (exact) mass is 958 g/mol. The van der Waals surface area contributed by atoms with Crippen LogP contribution in [0.25, 0.3) is 89.7 Å². The molecule has 3 aromatic heterocycles. The van der Waals surface area contributed by atoms with Gasteiger partial charge in [-0.25, -0.2) is 29.9 Å². The fourth-order valence-corrected chi connectivity index (χ4v) is 10.5. The maximum Gasteiger partial charge on any atom is 0.233 e. The van der Waals surface area contributed by atoms with Crippen molar-refractivity contribution in [2.75, 3.05) is 19.6 Å². The van der Waals surface area contributed by atoms with Crippen molar-refractivity contribution in [2.24, 2.45) is 0 Å². The first-order valence-electron chi connectivity index (χ1n) is 23.8. The lowest BCUT2D eigenvalue weighted by atomic mass is 10.0. The molecule has 0 atom stereocenters. The lowest BCUT2D eigenvalue weighted by molar-refractivity contribution is -0.130. The van der Waals surface area contributed by atoms with Crippen molar-refractivity contribution in [2.45, 2.75) is 77.0 Å². The van der Waals surface area contributed by atoms with Gasteiger partial charge in [0, 0.05) is 95.2 Å². The number of nitrogens with one attached hydrogen (secondary N) is 2. The summed E-state index contributed by atoms with van der Waals surface area (Å²) in [7, 11) is 0. The highest BCUT2D eigenvalue weighted by Gasteiger charge is 2.34. The number of hydrogen-bond donors (Lipinski definition) is 2. The maximum atomic E-state index is 13.2. The number of hydrogen-bond acceptors (Lipinski definition) is 14. The summed E-state index contributed by atoms with van der Waals surface area (Å²) in [4.78, 5) is 148. The zero-order chi connectivity index (χ0) is 49.1. The van der Waals surface area contributed by atoms with E-state index in [1.165, 1.54) is 19.6 Å². The molecule has 6 aliphatic rings. The Morgan fingerprint density at radius 3 is 0.875 bits per heavy atom. The van der Waals surface area contributed by atoms with Gasteiger partial charge in [-0.05, 0) is 98.5 Å². The van der Waals surface area contributed by atoms with Crippen molar-refractivity contribution in [1.29, 1.82) is 0 Å². The van der Waals surface area contributed by atoms with Gasteiger partial charge in [-0.2, -0.15) is 0 Å². The summed E-state index contributed by atoms with van der Waals surface area (Å²) in [6.07, 6.45) is 3.44. The van der Waals surface area contributed by atoms with E-state index < -0.39 is 0 Å². The molecular weight excluding hydrogens is 921 g/mol. The first kappa shape index (κ1) is 42.9. The number of nitrogens with zero attached hydrogens (tertiary/aromatic N) is 10. The third-order valence-electron chi connectivity index (χ3n) is 13.9. The van der Waals surface area contributed by atoms with Crippen molar-refractivity contribution in [3.05, 3.63) is 72.8 Å². The van der Waals surface area contributed by atoms with Crippen molar-refractivity contribution in [3.63, 3.8) is 0 Å². The Labute approximate surface area is 406 Å².